The standard InChI is InChI=1S/C18H21NO2S/c1-14-8-10-17(11-9-14)22-13-12-19-18(20)15(2)21-16-6-4-3-5-7-16/h3-11,15H,12-13H2,1-2H3,(H,19,20). The smallest absolute Gasteiger partial charge is 0.260 e. The van der Waals surface area contributed by atoms with Gasteiger partial charge in [-0.15, -0.1) is 11.8 Å². The van der Waals surface area contributed by atoms with Gasteiger partial charge in [-0.1, -0.05) is 35.9 Å². The van der Waals surface area contributed by atoms with Crippen LogP contribution in [0.3, 0.4) is 0 Å². The summed E-state index contributed by atoms with van der Waals surface area (Å²) in [6.07, 6.45) is -0.494. The van der Waals surface area contributed by atoms with Crippen LogP contribution in [0, 0.1) is 6.92 Å². The molecule has 1 N–H and O–H groups in total. The van der Waals surface area contributed by atoms with E-state index in [1.807, 2.05) is 30.3 Å². The number of ether oxygens (including phenoxy) is 1. The molecular formula is C18H21NO2S. The van der Waals surface area contributed by atoms with E-state index in [0.29, 0.717) is 12.3 Å². The molecule has 1 atom stereocenters. The van der Waals surface area contributed by atoms with Crippen molar-refractivity contribution in [2.45, 2.75) is 24.8 Å². The van der Waals surface area contributed by atoms with Gasteiger partial charge in [-0.2, -0.15) is 0 Å². The fourth-order valence-corrected chi connectivity index (χ4v) is 2.65. The Kier molecular flexibility index (Phi) is 6.34. The molecule has 1 unspecified atom stereocenters. The number of carbonyl (C=O) groups is 1. The number of amides is 1. The highest BCUT2D eigenvalue weighted by Crippen LogP contribution is 2.17. The molecule has 2 rings (SSSR count). The summed E-state index contributed by atoms with van der Waals surface area (Å²) in [5, 5.41) is 2.90. The molecule has 22 heavy (non-hydrogen) atoms. The number of hydrogen-bond donors (Lipinski definition) is 1. The van der Waals surface area contributed by atoms with Crippen molar-refractivity contribution in [1.82, 2.24) is 5.32 Å². The molecule has 2 aromatic rings. The van der Waals surface area contributed by atoms with Crippen LogP contribution in [0.5, 0.6) is 5.75 Å². The zero-order chi connectivity index (χ0) is 15.8. The quantitative estimate of drug-likeness (QED) is 0.626. The Balaban J connectivity index is 1.67. The SMILES string of the molecule is Cc1ccc(SCCNC(=O)C(C)Oc2ccccc2)cc1. The second-order valence-corrected chi connectivity index (χ2v) is 6.19. The van der Waals surface area contributed by atoms with Crippen LogP contribution in [0.4, 0.5) is 0 Å². The van der Waals surface area contributed by atoms with Crippen LogP contribution in [0.2, 0.25) is 0 Å². The average Bonchev–Trinajstić information content (AvgIpc) is 2.54. The number of carbonyl (C=O) groups excluding carboxylic acids is 1. The number of rotatable bonds is 7. The van der Waals surface area contributed by atoms with E-state index in [9.17, 15) is 4.79 Å². The summed E-state index contributed by atoms with van der Waals surface area (Å²) in [5.74, 6) is 1.46. The molecule has 0 saturated heterocycles. The molecule has 0 heterocycles. The predicted octanol–water partition coefficient (Wildman–Crippen LogP) is 3.67. The Morgan fingerprint density at radius 1 is 1.14 bits per heavy atom. The molecule has 0 aliphatic heterocycles. The Labute approximate surface area is 136 Å². The molecule has 0 radical (unpaired) electrons. The maximum absolute atomic E-state index is 12.0. The highest BCUT2D eigenvalue weighted by atomic mass is 32.2. The molecule has 2 aromatic carbocycles. The lowest BCUT2D eigenvalue weighted by molar-refractivity contribution is -0.127. The van der Waals surface area contributed by atoms with Crippen molar-refractivity contribution in [3.05, 3.63) is 60.2 Å². The van der Waals surface area contributed by atoms with Gasteiger partial charge in [-0.3, -0.25) is 4.79 Å². The topological polar surface area (TPSA) is 38.3 Å². The monoisotopic (exact) mass is 315 g/mol. The summed E-state index contributed by atoms with van der Waals surface area (Å²) in [6, 6.07) is 17.8. The first-order chi connectivity index (χ1) is 10.6. The van der Waals surface area contributed by atoms with Crippen LogP contribution in [0.1, 0.15) is 12.5 Å². The minimum absolute atomic E-state index is 0.0895. The van der Waals surface area contributed by atoms with Crippen molar-refractivity contribution in [2.75, 3.05) is 12.3 Å². The van der Waals surface area contributed by atoms with E-state index >= 15 is 0 Å². The minimum atomic E-state index is -0.494. The lowest BCUT2D eigenvalue weighted by Gasteiger charge is -2.14. The van der Waals surface area contributed by atoms with Gasteiger partial charge in [0.25, 0.3) is 5.91 Å². The van der Waals surface area contributed by atoms with Crippen LogP contribution in [0.25, 0.3) is 0 Å². The van der Waals surface area contributed by atoms with Crippen LogP contribution >= 0.6 is 11.8 Å². The normalized spacial score (nSPS) is 11.7. The lowest BCUT2D eigenvalue weighted by Crippen LogP contribution is -2.37. The molecule has 1 amide bonds. The van der Waals surface area contributed by atoms with Gasteiger partial charge in [0.1, 0.15) is 5.75 Å². The van der Waals surface area contributed by atoms with Gasteiger partial charge in [-0.25, -0.2) is 0 Å². The van der Waals surface area contributed by atoms with Crippen molar-refractivity contribution in [3.63, 3.8) is 0 Å². The molecule has 116 valence electrons. The van der Waals surface area contributed by atoms with E-state index in [2.05, 4.69) is 36.5 Å². The van der Waals surface area contributed by atoms with Gasteiger partial charge in [0.2, 0.25) is 0 Å². The van der Waals surface area contributed by atoms with E-state index in [4.69, 9.17) is 4.74 Å². The summed E-state index contributed by atoms with van der Waals surface area (Å²) in [6.45, 7) is 4.46. The highest BCUT2D eigenvalue weighted by Gasteiger charge is 2.13. The van der Waals surface area contributed by atoms with Crippen molar-refractivity contribution in [3.8, 4) is 5.75 Å². The first kappa shape index (κ1) is 16.4. The molecule has 0 bridgehead atoms. The van der Waals surface area contributed by atoms with Crippen molar-refractivity contribution in [1.29, 1.82) is 0 Å². The zero-order valence-electron chi connectivity index (χ0n) is 12.9. The van der Waals surface area contributed by atoms with E-state index in [1.165, 1.54) is 10.5 Å². The second kappa shape index (κ2) is 8.49. The largest absolute Gasteiger partial charge is 0.481 e. The van der Waals surface area contributed by atoms with Gasteiger partial charge in [-0.05, 0) is 38.1 Å². The minimum Gasteiger partial charge on any atom is -0.481 e. The van der Waals surface area contributed by atoms with E-state index in [0.717, 1.165) is 5.75 Å². The predicted molar refractivity (Wildman–Crippen MR) is 91.4 cm³/mol. The van der Waals surface area contributed by atoms with E-state index in [1.54, 1.807) is 18.7 Å². The fourth-order valence-electron chi connectivity index (χ4n) is 1.88. The number of para-hydroxylation sites is 1. The summed E-state index contributed by atoms with van der Waals surface area (Å²) < 4.78 is 5.59. The maximum Gasteiger partial charge on any atom is 0.260 e. The molecule has 3 nitrogen and oxygen atoms in total. The van der Waals surface area contributed by atoms with Crippen molar-refractivity contribution >= 4 is 17.7 Å². The molecule has 0 aromatic heterocycles. The van der Waals surface area contributed by atoms with E-state index < -0.39 is 6.10 Å². The molecular weight excluding hydrogens is 294 g/mol. The third-order valence-corrected chi connectivity index (χ3v) is 4.13. The zero-order valence-corrected chi connectivity index (χ0v) is 13.7. The summed E-state index contributed by atoms with van der Waals surface area (Å²) in [4.78, 5) is 13.2. The summed E-state index contributed by atoms with van der Waals surface area (Å²) >= 11 is 1.73. The molecule has 0 spiro atoms. The molecule has 0 aliphatic rings. The highest BCUT2D eigenvalue weighted by molar-refractivity contribution is 7.99. The Morgan fingerprint density at radius 2 is 1.82 bits per heavy atom. The van der Waals surface area contributed by atoms with Crippen LogP contribution in [-0.4, -0.2) is 24.3 Å². The van der Waals surface area contributed by atoms with Crippen molar-refractivity contribution < 1.29 is 9.53 Å². The van der Waals surface area contributed by atoms with Crippen molar-refractivity contribution in [2.24, 2.45) is 0 Å². The van der Waals surface area contributed by atoms with E-state index in [-0.39, 0.29) is 5.91 Å². The number of benzene rings is 2. The maximum atomic E-state index is 12.0. The van der Waals surface area contributed by atoms with Gasteiger partial charge < -0.3 is 10.1 Å². The third-order valence-electron chi connectivity index (χ3n) is 3.12. The lowest BCUT2D eigenvalue weighted by atomic mass is 10.2. The number of hydrogen-bond acceptors (Lipinski definition) is 3. The Bertz CT molecular complexity index is 584. The van der Waals surface area contributed by atoms with Gasteiger partial charge in [0, 0.05) is 17.2 Å². The summed E-state index contributed by atoms with van der Waals surface area (Å²) in [5.41, 5.74) is 1.25. The van der Waals surface area contributed by atoms with Crippen LogP contribution in [-0.2, 0) is 4.79 Å². The second-order valence-electron chi connectivity index (χ2n) is 5.03. The van der Waals surface area contributed by atoms with Crippen LogP contribution < -0.4 is 10.1 Å². The fraction of sp³-hybridized carbons (Fsp3) is 0.278. The Morgan fingerprint density at radius 3 is 2.50 bits per heavy atom. The Hall–Kier alpha value is -1.94. The molecule has 0 saturated carbocycles. The average molecular weight is 315 g/mol. The molecule has 4 heteroatoms. The van der Waals surface area contributed by atoms with Crippen LogP contribution in [0.15, 0.2) is 59.5 Å². The number of nitrogens with one attached hydrogen (secondary N) is 1. The molecule has 0 fully saturated rings. The van der Waals surface area contributed by atoms with Gasteiger partial charge in [0.15, 0.2) is 6.10 Å². The summed E-state index contributed by atoms with van der Waals surface area (Å²) in [7, 11) is 0. The number of thioether (sulfide) groups is 1. The third kappa shape index (κ3) is 5.45. The first-order valence-electron chi connectivity index (χ1n) is 7.34. The van der Waals surface area contributed by atoms with Gasteiger partial charge in [0.05, 0.1) is 0 Å². The number of aryl methyl sites for hydroxylation is 1. The first-order valence-corrected chi connectivity index (χ1v) is 8.32. The molecule has 0 aliphatic carbocycles. The van der Waals surface area contributed by atoms with Gasteiger partial charge >= 0.3 is 0 Å².